The van der Waals surface area contributed by atoms with Gasteiger partial charge >= 0.3 is 0 Å². The molecule has 0 amide bonds. The molecule has 1 aliphatic rings. The summed E-state index contributed by atoms with van der Waals surface area (Å²) in [5.74, 6) is 1.70. The van der Waals surface area contributed by atoms with Crippen LogP contribution in [0.5, 0.6) is 0 Å². The van der Waals surface area contributed by atoms with E-state index in [-0.39, 0.29) is 6.61 Å². The zero-order valence-electron chi connectivity index (χ0n) is 12.2. The molecule has 2 rings (SSSR count). The van der Waals surface area contributed by atoms with Crippen molar-refractivity contribution in [2.24, 2.45) is 11.8 Å². The van der Waals surface area contributed by atoms with Gasteiger partial charge in [0.15, 0.2) is 0 Å². The highest BCUT2D eigenvalue weighted by molar-refractivity contribution is 5.51. The molecule has 2 nitrogen and oxygen atoms in total. The lowest BCUT2D eigenvalue weighted by atomic mass is 9.89. The highest BCUT2D eigenvalue weighted by Crippen LogP contribution is 2.30. The minimum Gasteiger partial charge on any atom is -0.392 e. The number of rotatable bonds is 4. The van der Waals surface area contributed by atoms with Crippen LogP contribution in [-0.4, -0.2) is 11.1 Å². The number of aliphatic hydroxyl groups is 1. The molecule has 106 valence electrons. The summed E-state index contributed by atoms with van der Waals surface area (Å²) in [6.45, 7) is 4.81. The molecule has 0 radical (unpaired) electrons. The van der Waals surface area contributed by atoms with Crippen LogP contribution in [0.2, 0.25) is 0 Å². The molecule has 2 N–H and O–H groups in total. The zero-order valence-corrected chi connectivity index (χ0v) is 12.2. The summed E-state index contributed by atoms with van der Waals surface area (Å²) >= 11 is 0. The molecule has 1 aliphatic carbocycles. The highest BCUT2D eigenvalue weighted by atomic mass is 16.3. The van der Waals surface area contributed by atoms with Crippen molar-refractivity contribution >= 4 is 5.69 Å². The summed E-state index contributed by atoms with van der Waals surface area (Å²) in [5.41, 5.74) is 2.12. The molecule has 1 saturated carbocycles. The Hall–Kier alpha value is -1.02. The van der Waals surface area contributed by atoms with E-state index in [1.807, 2.05) is 18.2 Å². The maximum atomic E-state index is 9.38. The Balaban J connectivity index is 1.96. The fraction of sp³-hybridized carbons (Fsp3) is 0.647. The molecule has 1 aromatic carbocycles. The lowest BCUT2D eigenvalue weighted by Gasteiger charge is -2.21. The number of anilines is 1. The first-order valence-electron chi connectivity index (χ1n) is 7.66. The van der Waals surface area contributed by atoms with E-state index < -0.39 is 0 Å². The molecule has 1 fully saturated rings. The summed E-state index contributed by atoms with van der Waals surface area (Å²) in [6.07, 6.45) is 6.53. The maximum absolute atomic E-state index is 9.38. The third kappa shape index (κ3) is 3.97. The van der Waals surface area contributed by atoms with Gasteiger partial charge in [0.2, 0.25) is 0 Å². The molecule has 2 unspecified atom stereocenters. The normalized spacial score (nSPS) is 24.2. The summed E-state index contributed by atoms with van der Waals surface area (Å²) in [5, 5.41) is 13.0. The van der Waals surface area contributed by atoms with Gasteiger partial charge in [-0.15, -0.1) is 0 Å². The Morgan fingerprint density at radius 3 is 2.68 bits per heavy atom. The zero-order chi connectivity index (χ0) is 13.7. The van der Waals surface area contributed by atoms with Crippen LogP contribution in [0.1, 0.15) is 51.5 Å². The van der Waals surface area contributed by atoms with E-state index in [9.17, 15) is 5.11 Å². The molecule has 1 aromatic rings. The van der Waals surface area contributed by atoms with Gasteiger partial charge in [-0.25, -0.2) is 0 Å². The van der Waals surface area contributed by atoms with Crippen molar-refractivity contribution < 1.29 is 5.11 Å². The summed E-state index contributed by atoms with van der Waals surface area (Å²) in [6, 6.07) is 8.66. The van der Waals surface area contributed by atoms with Gasteiger partial charge < -0.3 is 10.4 Å². The fourth-order valence-corrected chi connectivity index (χ4v) is 3.16. The highest BCUT2D eigenvalue weighted by Gasteiger charge is 2.21. The second-order valence-electron chi connectivity index (χ2n) is 6.17. The second kappa shape index (κ2) is 6.95. The Morgan fingerprint density at radius 1 is 1.16 bits per heavy atom. The third-order valence-electron chi connectivity index (χ3n) is 4.50. The van der Waals surface area contributed by atoms with Crippen molar-refractivity contribution in [2.45, 2.75) is 58.6 Å². The first kappa shape index (κ1) is 14.4. The van der Waals surface area contributed by atoms with Crippen molar-refractivity contribution in [3.05, 3.63) is 29.8 Å². The summed E-state index contributed by atoms with van der Waals surface area (Å²) in [7, 11) is 0. The predicted octanol–water partition coefficient (Wildman–Crippen LogP) is 4.20. The van der Waals surface area contributed by atoms with Crippen molar-refractivity contribution in [1.29, 1.82) is 0 Å². The third-order valence-corrected chi connectivity index (χ3v) is 4.50. The van der Waals surface area contributed by atoms with Gasteiger partial charge in [-0.05, 0) is 37.2 Å². The van der Waals surface area contributed by atoms with E-state index in [1.165, 1.54) is 32.1 Å². The average Bonchev–Trinajstić information content (AvgIpc) is 2.65. The number of hydrogen-bond acceptors (Lipinski definition) is 2. The van der Waals surface area contributed by atoms with Crippen molar-refractivity contribution in [2.75, 3.05) is 5.32 Å². The molecule has 2 heteroatoms. The number of para-hydroxylation sites is 1. The average molecular weight is 261 g/mol. The molecule has 0 saturated heterocycles. The molecule has 19 heavy (non-hydrogen) atoms. The van der Waals surface area contributed by atoms with Gasteiger partial charge in [-0.1, -0.05) is 44.9 Å². The minimum atomic E-state index is 0.116. The van der Waals surface area contributed by atoms with E-state index in [0.29, 0.717) is 6.04 Å². The van der Waals surface area contributed by atoms with Gasteiger partial charge in [0.05, 0.1) is 6.61 Å². The Labute approximate surface area is 117 Å². The van der Waals surface area contributed by atoms with Crippen LogP contribution in [0, 0.1) is 11.8 Å². The van der Waals surface area contributed by atoms with Crippen molar-refractivity contribution in [3.8, 4) is 0 Å². The molecular weight excluding hydrogens is 234 g/mol. The van der Waals surface area contributed by atoms with Crippen LogP contribution >= 0.6 is 0 Å². The monoisotopic (exact) mass is 261 g/mol. The summed E-state index contributed by atoms with van der Waals surface area (Å²) < 4.78 is 0. The summed E-state index contributed by atoms with van der Waals surface area (Å²) in [4.78, 5) is 0. The molecular formula is C17H27NO. The quantitative estimate of drug-likeness (QED) is 0.796. The fourth-order valence-electron chi connectivity index (χ4n) is 3.16. The number of hydrogen-bond donors (Lipinski definition) is 2. The first-order chi connectivity index (χ1) is 9.20. The van der Waals surface area contributed by atoms with E-state index in [0.717, 1.165) is 23.1 Å². The molecule has 2 atom stereocenters. The van der Waals surface area contributed by atoms with E-state index >= 15 is 0 Å². The maximum Gasteiger partial charge on any atom is 0.0701 e. The topological polar surface area (TPSA) is 32.3 Å². The standard InChI is InChI=1S/C17H27NO/c1-13(2)14-7-5-8-16(11-10-14)18-17-9-4-3-6-15(17)12-19/h3-4,6,9,13-14,16,18-19H,5,7-8,10-12H2,1-2H3. The molecule has 0 aliphatic heterocycles. The van der Waals surface area contributed by atoms with Crippen LogP contribution in [-0.2, 0) is 6.61 Å². The number of aliphatic hydroxyl groups excluding tert-OH is 1. The smallest absolute Gasteiger partial charge is 0.0701 e. The molecule has 0 heterocycles. The van der Waals surface area contributed by atoms with Gasteiger partial charge in [0, 0.05) is 17.3 Å². The van der Waals surface area contributed by atoms with Gasteiger partial charge in [-0.3, -0.25) is 0 Å². The lowest BCUT2D eigenvalue weighted by molar-refractivity contribution is 0.282. The Morgan fingerprint density at radius 2 is 1.95 bits per heavy atom. The number of nitrogens with one attached hydrogen (secondary N) is 1. The van der Waals surface area contributed by atoms with Crippen LogP contribution in [0.3, 0.4) is 0 Å². The van der Waals surface area contributed by atoms with E-state index in [1.54, 1.807) is 0 Å². The van der Waals surface area contributed by atoms with Crippen molar-refractivity contribution in [3.63, 3.8) is 0 Å². The van der Waals surface area contributed by atoms with Crippen LogP contribution < -0.4 is 5.32 Å². The first-order valence-corrected chi connectivity index (χ1v) is 7.66. The van der Waals surface area contributed by atoms with Crippen LogP contribution in [0.25, 0.3) is 0 Å². The van der Waals surface area contributed by atoms with Gasteiger partial charge in [-0.2, -0.15) is 0 Å². The molecule has 0 spiro atoms. The minimum absolute atomic E-state index is 0.116. The van der Waals surface area contributed by atoms with Crippen molar-refractivity contribution in [1.82, 2.24) is 0 Å². The van der Waals surface area contributed by atoms with Crippen LogP contribution in [0.4, 0.5) is 5.69 Å². The van der Waals surface area contributed by atoms with E-state index in [2.05, 4.69) is 25.2 Å². The Kier molecular flexibility index (Phi) is 5.26. The predicted molar refractivity (Wildman–Crippen MR) is 81.2 cm³/mol. The van der Waals surface area contributed by atoms with Gasteiger partial charge in [0.1, 0.15) is 0 Å². The van der Waals surface area contributed by atoms with E-state index in [4.69, 9.17) is 0 Å². The lowest BCUT2D eigenvalue weighted by Crippen LogP contribution is -2.19. The van der Waals surface area contributed by atoms with Gasteiger partial charge in [0.25, 0.3) is 0 Å². The van der Waals surface area contributed by atoms with Crippen LogP contribution in [0.15, 0.2) is 24.3 Å². The largest absolute Gasteiger partial charge is 0.392 e. The second-order valence-corrected chi connectivity index (χ2v) is 6.17. The Bertz CT molecular complexity index is 389. The number of benzene rings is 1. The SMILES string of the molecule is CC(C)C1CCCC(Nc2ccccc2CO)CC1. The molecule has 0 aromatic heterocycles. The molecule has 0 bridgehead atoms.